The van der Waals surface area contributed by atoms with Gasteiger partial charge in [-0.1, -0.05) is 0 Å². The lowest BCUT2D eigenvalue weighted by Gasteiger charge is -2.36. The second kappa shape index (κ2) is 9.28. The quantitative estimate of drug-likeness (QED) is 0.538. The van der Waals surface area contributed by atoms with Gasteiger partial charge in [-0.15, -0.1) is 0 Å². The van der Waals surface area contributed by atoms with Crippen LogP contribution in [0.3, 0.4) is 0 Å². The Labute approximate surface area is 200 Å². The molecule has 4 heterocycles. The van der Waals surface area contributed by atoms with Crippen LogP contribution in [0.15, 0.2) is 47.5 Å². The van der Waals surface area contributed by atoms with Gasteiger partial charge in [0.1, 0.15) is 17.5 Å². The molecule has 9 heteroatoms. The van der Waals surface area contributed by atoms with Gasteiger partial charge in [-0.3, -0.25) is 0 Å². The molecule has 8 nitrogen and oxygen atoms in total. The lowest BCUT2D eigenvalue weighted by molar-refractivity contribution is 0.324. The van der Waals surface area contributed by atoms with Crippen LogP contribution in [0.1, 0.15) is 18.4 Å². The van der Waals surface area contributed by atoms with Gasteiger partial charge in [0, 0.05) is 62.8 Å². The maximum absolute atomic E-state index is 11.7. The largest absolute Gasteiger partial charge is 0.368 e. The van der Waals surface area contributed by atoms with Gasteiger partial charge in [-0.05, 0) is 62.3 Å². The molecule has 0 spiro atoms. The van der Waals surface area contributed by atoms with Gasteiger partial charge in [0.25, 0.3) is 0 Å². The van der Waals surface area contributed by atoms with E-state index in [1.165, 1.54) is 19.1 Å². The summed E-state index contributed by atoms with van der Waals surface area (Å²) in [6, 6.07) is 13.5. The van der Waals surface area contributed by atoms with Crippen LogP contribution in [0, 0.1) is 11.3 Å². The predicted octanol–water partition coefficient (Wildman–Crippen LogP) is 2.73. The first-order chi connectivity index (χ1) is 16.4. The van der Waals surface area contributed by atoms with Crippen molar-refractivity contribution in [3.63, 3.8) is 0 Å². The first-order valence-corrected chi connectivity index (χ1v) is 13.7. The predicted molar refractivity (Wildman–Crippen MR) is 134 cm³/mol. The monoisotopic (exact) mass is 478 g/mol. The molecule has 0 bridgehead atoms. The fourth-order valence-corrected chi connectivity index (χ4v) is 5.57. The number of likely N-dealkylation sites (tertiary alicyclic amines) is 1. The minimum absolute atomic E-state index is 0.344. The van der Waals surface area contributed by atoms with Crippen LogP contribution in [-0.2, 0) is 16.4 Å². The van der Waals surface area contributed by atoms with Gasteiger partial charge in [0.05, 0.1) is 10.5 Å². The number of hydrogen-bond donors (Lipinski definition) is 0. The Bertz CT molecular complexity index is 1310. The van der Waals surface area contributed by atoms with Crippen molar-refractivity contribution >= 4 is 32.4 Å². The molecule has 0 unspecified atom stereocenters. The van der Waals surface area contributed by atoms with Gasteiger partial charge in [-0.2, -0.15) is 5.26 Å². The fourth-order valence-electron chi connectivity index (χ4n) is 4.94. The smallest absolute Gasteiger partial charge is 0.175 e. The van der Waals surface area contributed by atoms with E-state index in [1.54, 1.807) is 12.1 Å². The van der Waals surface area contributed by atoms with Gasteiger partial charge >= 0.3 is 0 Å². The number of nitrogens with zero attached hydrogens (tertiary/aromatic N) is 6. The average Bonchev–Trinajstić information content (AvgIpc) is 3.50. The number of benzene rings is 1. The van der Waals surface area contributed by atoms with Crippen LogP contribution in [0.25, 0.3) is 11.0 Å². The molecular weight excluding hydrogens is 448 g/mol. The average molecular weight is 479 g/mol. The highest BCUT2D eigenvalue weighted by Crippen LogP contribution is 2.25. The molecule has 0 saturated carbocycles. The summed E-state index contributed by atoms with van der Waals surface area (Å²) < 4.78 is 25.6. The molecule has 0 radical (unpaired) electrons. The zero-order valence-corrected chi connectivity index (χ0v) is 20.3. The Balaban J connectivity index is 1.30. The molecule has 2 aliphatic rings. The standard InChI is InChI=1S/C25H30N6O2S/c1-34(32,33)22-6-4-21(5-7-22)29-14-16-30(17-15-29)24-9-8-23-20(18-26)19-31(25(23)27-24)13-12-28-10-2-3-11-28/h4-9,19H,2-3,10-17H2,1H3. The fraction of sp³-hybridized carbons (Fsp3) is 0.440. The molecule has 0 N–H and O–H groups in total. The van der Waals surface area contributed by atoms with Crippen molar-refractivity contribution in [2.75, 3.05) is 61.9 Å². The normalized spacial score (nSPS) is 17.4. The van der Waals surface area contributed by atoms with E-state index in [4.69, 9.17) is 4.98 Å². The summed E-state index contributed by atoms with van der Waals surface area (Å²) in [7, 11) is -3.19. The second-order valence-corrected chi connectivity index (χ2v) is 11.2. The summed E-state index contributed by atoms with van der Waals surface area (Å²) in [5.41, 5.74) is 2.59. The van der Waals surface area contributed by atoms with Crippen LogP contribution in [0.4, 0.5) is 11.5 Å². The molecule has 0 amide bonds. The summed E-state index contributed by atoms with van der Waals surface area (Å²) in [6.07, 6.45) is 5.71. The highest BCUT2D eigenvalue weighted by molar-refractivity contribution is 7.90. The van der Waals surface area contributed by atoms with E-state index in [0.29, 0.717) is 10.5 Å². The van der Waals surface area contributed by atoms with Gasteiger partial charge in [0.2, 0.25) is 0 Å². The van der Waals surface area contributed by atoms with E-state index in [-0.39, 0.29) is 0 Å². The van der Waals surface area contributed by atoms with E-state index in [9.17, 15) is 13.7 Å². The van der Waals surface area contributed by atoms with Crippen LogP contribution in [0.5, 0.6) is 0 Å². The lowest BCUT2D eigenvalue weighted by atomic mass is 10.2. The minimum Gasteiger partial charge on any atom is -0.368 e. The van der Waals surface area contributed by atoms with E-state index in [2.05, 4.69) is 25.3 Å². The second-order valence-electron chi connectivity index (χ2n) is 9.18. The first kappa shape index (κ1) is 22.7. The number of pyridine rings is 1. The lowest BCUT2D eigenvalue weighted by Crippen LogP contribution is -2.46. The van der Waals surface area contributed by atoms with Crippen molar-refractivity contribution in [3.05, 3.63) is 48.2 Å². The van der Waals surface area contributed by atoms with Gasteiger partial charge in [-0.25, -0.2) is 13.4 Å². The molecule has 178 valence electrons. The summed E-state index contributed by atoms with van der Waals surface area (Å²) in [6.45, 7) is 7.45. The van der Waals surface area contributed by atoms with Crippen LogP contribution < -0.4 is 9.80 Å². The summed E-state index contributed by atoms with van der Waals surface area (Å²) >= 11 is 0. The van der Waals surface area contributed by atoms with Crippen molar-refractivity contribution in [2.24, 2.45) is 0 Å². The third-order valence-electron chi connectivity index (χ3n) is 6.92. The van der Waals surface area contributed by atoms with Crippen molar-refractivity contribution in [2.45, 2.75) is 24.3 Å². The highest BCUT2D eigenvalue weighted by atomic mass is 32.2. The van der Waals surface area contributed by atoms with Crippen LogP contribution in [-0.4, -0.2) is 74.9 Å². The number of aromatic nitrogens is 2. The maximum atomic E-state index is 11.7. The third-order valence-corrected chi connectivity index (χ3v) is 8.05. The molecule has 2 aliphatic heterocycles. The number of rotatable bonds is 6. The van der Waals surface area contributed by atoms with Crippen LogP contribution in [0.2, 0.25) is 0 Å². The molecule has 2 saturated heterocycles. The zero-order valence-electron chi connectivity index (χ0n) is 19.5. The van der Waals surface area contributed by atoms with Crippen molar-refractivity contribution in [1.29, 1.82) is 5.26 Å². The Morgan fingerprint density at radius 2 is 1.59 bits per heavy atom. The van der Waals surface area contributed by atoms with Crippen molar-refractivity contribution < 1.29 is 8.42 Å². The zero-order chi connectivity index (χ0) is 23.7. The van der Waals surface area contributed by atoms with E-state index < -0.39 is 9.84 Å². The summed E-state index contributed by atoms with van der Waals surface area (Å²) in [5.74, 6) is 0.935. The summed E-state index contributed by atoms with van der Waals surface area (Å²) in [4.78, 5) is 12.4. The molecule has 2 fully saturated rings. The molecule has 0 aliphatic carbocycles. The van der Waals surface area contributed by atoms with Crippen LogP contribution >= 0.6 is 0 Å². The number of piperazine rings is 1. The summed E-state index contributed by atoms with van der Waals surface area (Å²) in [5, 5.41) is 10.5. The molecule has 5 rings (SSSR count). The highest BCUT2D eigenvalue weighted by Gasteiger charge is 2.21. The topological polar surface area (TPSA) is 85.5 Å². The van der Waals surface area contributed by atoms with Crippen molar-refractivity contribution in [3.8, 4) is 6.07 Å². The Hall–Kier alpha value is -3.09. The van der Waals surface area contributed by atoms with Crippen molar-refractivity contribution in [1.82, 2.24) is 14.5 Å². The maximum Gasteiger partial charge on any atom is 0.175 e. The third kappa shape index (κ3) is 4.61. The minimum atomic E-state index is -3.19. The SMILES string of the molecule is CS(=O)(=O)c1ccc(N2CCN(c3ccc4c(C#N)cn(CCN5CCCC5)c4n3)CC2)cc1. The molecule has 34 heavy (non-hydrogen) atoms. The number of fused-ring (bicyclic) bond motifs is 1. The molecule has 3 aromatic rings. The Kier molecular flexibility index (Phi) is 6.19. The van der Waals surface area contributed by atoms with Gasteiger partial charge in [0.15, 0.2) is 9.84 Å². The van der Waals surface area contributed by atoms with Gasteiger partial charge < -0.3 is 19.3 Å². The molecule has 0 atom stereocenters. The number of anilines is 2. The molecule has 2 aromatic heterocycles. The first-order valence-electron chi connectivity index (χ1n) is 11.8. The van der Waals surface area contributed by atoms with E-state index >= 15 is 0 Å². The molecule has 1 aromatic carbocycles. The number of nitriles is 1. The number of hydrogen-bond acceptors (Lipinski definition) is 7. The molecular formula is C25H30N6O2S. The Morgan fingerprint density at radius 1 is 0.912 bits per heavy atom. The van der Waals surface area contributed by atoms with E-state index in [0.717, 1.165) is 74.9 Å². The van der Waals surface area contributed by atoms with E-state index in [1.807, 2.05) is 30.5 Å². The number of sulfone groups is 1. The Morgan fingerprint density at radius 3 is 2.24 bits per heavy atom.